The molecule has 0 radical (unpaired) electrons. The molecular weight excluding hydrogens is 200 g/mol. The van der Waals surface area contributed by atoms with E-state index < -0.39 is 0 Å². The van der Waals surface area contributed by atoms with Crippen LogP contribution >= 0.6 is 0 Å². The monoisotopic (exact) mass is 220 g/mol. The molecule has 0 saturated carbocycles. The molecule has 88 valence electrons. The van der Waals surface area contributed by atoms with Gasteiger partial charge in [-0.15, -0.1) is 6.58 Å². The highest BCUT2D eigenvalue weighted by atomic mass is 16.5. The van der Waals surface area contributed by atoms with E-state index >= 15 is 0 Å². The van der Waals surface area contributed by atoms with Crippen LogP contribution in [0.2, 0.25) is 0 Å². The second kappa shape index (κ2) is 7.17. The number of hydrogen-bond donors (Lipinski definition) is 2. The summed E-state index contributed by atoms with van der Waals surface area (Å²) < 4.78 is 5.11. The minimum atomic E-state index is 0.176. The molecule has 0 aromatic heterocycles. The van der Waals surface area contributed by atoms with Crippen LogP contribution in [0.1, 0.15) is 17.2 Å². The Morgan fingerprint density at radius 3 is 3.00 bits per heavy atom. The zero-order valence-electron chi connectivity index (χ0n) is 9.78. The summed E-state index contributed by atoms with van der Waals surface area (Å²) in [6.45, 7) is 5.65. The highest BCUT2D eigenvalue weighted by Crippen LogP contribution is 2.14. The molecule has 0 spiro atoms. The maximum absolute atomic E-state index is 5.74. The molecule has 1 atom stereocenters. The van der Waals surface area contributed by atoms with Gasteiger partial charge in [-0.1, -0.05) is 30.3 Å². The quantitative estimate of drug-likeness (QED) is 0.686. The Morgan fingerprint density at radius 2 is 2.38 bits per heavy atom. The lowest BCUT2D eigenvalue weighted by atomic mass is 10.0. The van der Waals surface area contributed by atoms with Gasteiger partial charge in [-0.05, 0) is 11.1 Å². The van der Waals surface area contributed by atoms with Gasteiger partial charge in [-0.3, -0.25) is 0 Å². The Hall–Kier alpha value is -1.16. The molecule has 0 bridgehead atoms. The van der Waals surface area contributed by atoms with E-state index in [1.807, 2.05) is 18.2 Å². The van der Waals surface area contributed by atoms with Gasteiger partial charge in [0.15, 0.2) is 0 Å². The fraction of sp³-hybridized carbons (Fsp3) is 0.385. The SMILES string of the molecule is C=CCNC(CN)c1cccc(COC)c1. The summed E-state index contributed by atoms with van der Waals surface area (Å²) in [5, 5.41) is 3.32. The van der Waals surface area contributed by atoms with E-state index in [4.69, 9.17) is 10.5 Å². The van der Waals surface area contributed by atoms with Crippen molar-refractivity contribution in [1.82, 2.24) is 5.32 Å². The molecule has 1 rings (SSSR count). The zero-order chi connectivity index (χ0) is 11.8. The van der Waals surface area contributed by atoms with Gasteiger partial charge in [0.2, 0.25) is 0 Å². The van der Waals surface area contributed by atoms with Gasteiger partial charge in [-0.25, -0.2) is 0 Å². The Morgan fingerprint density at radius 1 is 1.56 bits per heavy atom. The number of ether oxygens (including phenoxy) is 1. The van der Waals surface area contributed by atoms with Gasteiger partial charge in [-0.2, -0.15) is 0 Å². The molecule has 0 heterocycles. The summed E-state index contributed by atoms with van der Waals surface area (Å²) >= 11 is 0. The third kappa shape index (κ3) is 3.77. The molecule has 16 heavy (non-hydrogen) atoms. The molecule has 0 saturated heterocycles. The first kappa shape index (κ1) is 12.9. The molecule has 3 N–H and O–H groups in total. The van der Waals surface area contributed by atoms with Crippen molar-refractivity contribution in [2.45, 2.75) is 12.6 Å². The summed E-state index contributed by atoms with van der Waals surface area (Å²) in [6.07, 6.45) is 1.83. The summed E-state index contributed by atoms with van der Waals surface area (Å²) in [6, 6.07) is 8.45. The maximum Gasteiger partial charge on any atom is 0.0713 e. The number of benzene rings is 1. The number of rotatable bonds is 7. The van der Waals surface area contributed by atoms with Crippen molar-refractivity contribution in [3.63, 3.8) is 0 Å². The van der Waals surface area contributed by atoms with E-state index in [1.165, 1.54) is 11.1 Å². The molecule has 0 amide bonds. The molecule has 0 aliphatic heterocycles. The third-order valence-corrected chi connectivity index (χ3v) is 2.41. The smallest absolute Gasteiger partial charge is 0.0713 e. The van der Waals surface area contributed by atoms with Crippen LogP contribution < -0.4 is 11.1 Å². The van der Waals surface area contributed by atoms with Gasteiger partial charge in [0.1, 0.15) is 0 Å². The van der Waals surface area contributed by atoms with Gasteiger partial charge in [0.25, 0.3) is 0 Å². The molecule has 0 aliphatic rings. The highest BCUT2D eigenvalue weighted by molar-refractivity contribution is 5.26. The lowest BCUT2D eigenvalue weighted by molar-refractivity contribution is 0.185. The second-order valence-electron chi connectivity index (χ2n) is 3.66. The van der Waals surface area contributed by atoms with Crippen molar-refractivity contribution in [3.8, 4) is 0 Å². The predicted molar refractivity (Wildman–Crippen MR) is 67.2 cm³/mol. The van der Waals surface area contributed by atoms with Crippen LogP contribution in [0.25, 0.3) is 0 Å². The van der Waals surface area contributed by atoms with Crippen LogP contribution in [0.4, 0.5) is 0 Å². The van der Waals surface area contributed by atoms with Crippen molar-refractivity contribution in [2.24, 2.45) is 5.73 Å². The summed E-state index contributed by atoms with van der Waals surface area (Å²) in [5.41, 5.74) is 8.10. The molecule has 0 fully saturated rings. The molecule has 1 aromatic carbocycles. The normalized spacial score (nSPS) is 12.4. The number of nitrogens with one attached hydrogen (secondary N) is 1. The topological polar surface area (TPSA) is 47.3 Å². The average molecular weight is 220 g/mol. The van der Waals surface area contributed by atoms with Gasteiger partial charge in [0, 0.05) is 26.2 Å². The molecule has 3 heteroatoms. The average Bonchev–Trinajstić information content (AvgIpc) is 2.31. The van der Waals surface area contributed by atoms with Crippen molar-refractivity contribution >= 4 is 0 Å². The Balaban J connectivity index is 2.74. The predicted octanol–water partition coefficient (Wildman–Crippen LogP) is 1.61. The molecule has 1 unspecified atom stereocenters. The summed E-state index contributed by atoms with van der Waals surface area (Å²) in [7, 11) is 1.70. The molecular formula is C13H20N2O. The second-order valence-corrected chi connectivity index (χ2v) is 3.66. The number of hydrogen-bond acceptors (Lipinski definition) is 3. The molecule has 0 aliphatic carbocycles. The van der Waals surface area contributed by atoms with Crippen molar-refractivity contribution in [3.05, 3.63) is 48.0 Å². The van der Waals surface area contributed by atoms with Crippen LogP contribution in [0.5, 0.6) is 0 Å². The minimum Gasteiger partial charge on any atom is -0.380 e. The van der Waals surface area contributed by atoms with Crippen molar-refractivity contribution in [1.29, 1.82) is 0 Å². The van der Waals surface area contributed by atoms with Crippen LogP contribution in [0.3, 0.4) is 0 Å². The van der Waals surface area contributed by atoms with Crippen LogP contribution in [0, 0.1) is 0 Å². The number of methoxy groups -OCH3 is 1. The van der Waals surface area contributed by atoms with Crippen LogP contribution in [0.15, 0.2) is 36.9 Å². The van der Waals surface area contributed by atoms with E-state index in [0.717, 1.165) is 6.54 Å². The van der Waals surface area contributed by atoms with E-state index in [-0.39, 0.29) is 6.04 Å². The summed E-state index contributed by atoms with van der Waals surface area (Å²) in [5.74, 6) is 0. The maximum atomic E-state index is 5.74. The minimum absolute atomic E-state index is 0.176. The van der Waals surface area contributed by atoms with Crippen LogP contribution in [-0.4, -0.2) is 20.2 Å². The zero-order valence-corrected chi connectivity index (χ0v) is 9.78. The standard InChI is InChI=1S/C13H20N2O/c1-3-7-15-13(9-14)12-6-4-5-11(8-12)10-16-2/h3-6,8,13,15H,1,7,9-10,14H2,2H3. The lowest BCUT2D eigenvalue weighted by Gasteiger charge is -2.17. The Labute approximate surface area is 97.3 Å². The van der Waals surface area contributed by atoms with Gasteiger partial charge in [0.05, 0.1) is 6.61 Å². The van der Waals surface area contributed by atoms with Crippen molar-refractivity contribution in [2.75, 3.05) is 20.2 Å². The molecule has 3 nitrogen and oxygen atoms in total. The fourth-order valence-corrected chi connectivity index (χ4v) is 1.63. The Bertz CT molecular complexity index is 325. The van der Waals surface area contributed by atoms with E-state index in [9.17, 15) is 0 Å². The van der Waals surface area contributed by atoms with E-state index in [1.54, 1.807) is 7.11 Å². The van der Waals surface area contributed by atoms with Gasteiger partial charge < -0.3 is 15.8 Å². The fourth-order valence-electron chi connectivity index (χ4n) is 1.63. The first-order valence-electron chi connectivity index (χ1n) is 5.44. The van der Waals surface area contributed by atoms with E-state index in [2.05, 4.69) is 24.0 Å². The first-order chi connectivity index (χ1) is 7.81. The largest absolute Gasteiger partial charge is 0.380 e. The highest BCUT2D eigenvalue weighted by Gasteiger charge is 2.08. The van der Waals surface area contributed by atoms with E-state index in [0.29, 0.717) is 13.2 Å². The third-order valence-electron chi connectivity index (χ3n) is 2.41. The molecule has 1 aromatic rings. The first-order valence-corrected chi connectivity index (χ1v) is 5.44. The van der Waals surface area contributed by atoms with Gasteiger partial charge >= 0.3 is 0 Å². The lowest BCUT2D eigenvalue weighted by Crippen LogP contribution is -2.28. The summed E-state index contributed by atoms with van der Waals surface area (Å²) in [4.78, 5) is 0. The van der Waals surface area contributed by atoms with Crippen LogP contribution in [-0.2, 0) is 11.3 Å². The number of nitrogens with two attached hydrogens (primary N) is 1. The van der Waals surface area contributed by atoms with Crippen molar-refractivity contribution < 1.29 is 4.74 Å². The Kier molecular flexibility index (Phi) is 5.78.